The molecule has 1 N–H and O–H groups in total. The molecule has 1 unspecified atom stereocenters. The van der Waals surface area contributed by atoms with Crippen molar-refractivity contribution in [2.75, 3.05) is 0 Å². The molecule has 1 atom stereocenters. The zero-order chi connectivity index (χ0) is 25.9. The number of nitrogens with zero attached hydrogens (tertiary/aromatic N) is 1. The molecule has 0 radical (unpaired) electrons. The number of rotatable bonds is 8. The number of hydrogen-bond acceptors (Lipinski definition) is 7. The summed E-state index contributed by atoms with van der Waals surface area (Å²) in [7, 11) is 0. The summed E-state index contributed by atoms with van der Waals surface area (Å²) in [4.78, 5) is 27.1. The maximum Gasteiger partial charge on any atom is 0.573 e. The van der Waals surface area contributed by atoms with Crippen molar-refractivity contribution >= 4 is 17.6 Å². The fourth-order valence-electron chi connectivity index (χ4n) is 3.47. The average Bonchev–Trinajstić information content (AvgIpc) is 3.35. The van der Waals surface area contributed by atoms with Gasteiger partial charge in [-0.3, -0.25) is 10.1 Å². The molecule has 36 heavy (non-hydrogen) atoms. The van der Waals surface area contributed by atoms with Crippen molar-refractivity contribution in [3.63, 3.8) is 0 Å². The molecule has 1 fully saturated rings. The molecule has 1 aliphatic heterocycles. The van der Waals surface area contributed by atoms with E-state index in [-0.39, 0.29) is 24.5 Å². The van der Waals surface area contributed by atoms with Gasteiger partial charge >= 0.3 is 12.5 Å². The highest BCUT2D eigenvalue weighted by atomic mass is 19.4. The quantitative estimate of drug-likeness (QED) is 0.431. The second kappa shape index (κ2) is 10.1. The third kappa shape index (κ3) is 6.04. The van der Waals surface area contributed by atoms with Gasteiger partial charge in [0.25, 0.3) is 5.91 Å². The number of oxazole rings is 1. The van der Waals surface area contributed by atoms with E-state index in [2.05, 4.69) is 15.0 Å². The number of alkyl halides is 3. The van der Waals surface area contributed by atoms with Gasteiger partial charge in [0.2, 0.25) is 5.89 Å². The van der Waals surface area contributed by atoms with Gasteiger partial charge in [-0.25, -0.2) is 9.78 Å². The van der Waals surface area contributed by atoms with Crippen LogP contribution in [0.15, 0.2) is 59.0 Å². The summed E-state index contributed by atoms with van der Waals surface area (Å²) in [5, 5.41) is 2.08. The van der Waals surface area contributed by atoms with E-state index < -0.39 is 30.2 Å². The molecule has 1 saturated heterocycles. The number of ether oxygens (including phenoxy) is 3. The number of benzene rings is 2. The molecule has 0 bridgehead atoms. The lowest BCUT2D eigenvalue weighted by Crippen LogP contribution is -2.23. The number of amides is 2. The first-order valence-corrected chi connectivity index (χ1v) is 10.8. The summed E-state index contributed by atoms with van der Waals surface area (Å²) in [5.74, 6) is 0.00297. The van der Waals surface area contributed by atoms with Crippen LogP contribution in [0.5, 0.6) is 11.5 Å². The van der Waals surface area contributed by atoms with Gasteiger partial charge in [-0.15, -0.1) is 13.2 Å². The van der Waals surface area contributed by atoms with Gasteiger partial charge in [-0.2, -0.15) is 0 Å². The molecule has 2 amide bonds. The van der Waals surface area contributed by atoms with Crippen molar-refractivity contribution < 1.29 is 41.4 Å². The second-order valence-corrected chi connectivity index (χ2v) is 7.89. The minimum Gasteiger partial charge on any atom is -0.487 e. The fourth-order valence-corrected chi connectivity index (χ4v) is 3.47. The van der Waals surface area contributed by atoms with Crippen molar-refractivity contribution in [3.8, 4) is 23.0 Å². The third-order valence-corrected chi connectivity index (χ3v) is 5.31. The van der Waals surface area contributed by atoms with Crippen LogP contribution < -0.4 is 14.8 Å². The topological polar surface area (TPSA) is 99.9 Å². The molecule has 0 spiro atoms. The van der Waals surface area contributed by atoms with Crippen molar-refractivity contribution in [1.82, 2.24) is 10.3 Å². The van der Waals surface area contributed by atoms with Crippen molar-refractivity contribution in [3.05, 3.63) is 71.6 Å². The molecule has 188 valence electrons. The number of nitrogens with one attached hydrogen (secondary N) is 1. The summed E-state index contributed by atoms with van der Waals surface area (Å²) in [6, 6.07) is 12.8. The van der Waals surface area contributed by atoms with E-state index in [1.165, 1.54) is 18.2 Å². The number of allylic oxidation sites excluding steroid dienone is 1. The molecule has 2 heterocycles. The van der Waals surface area contributed by atoms with E-state index >= 15 is 0 Å². The zero-order valence-corrected chi connectivity index (χ0v) is 19.2. The van der Waals surface area contributed by atoms with Gasteiger partial charge in [0.15, 0.2) is 6.10 Å². The minimum absolute atomic E-state index is 0.0159. The summed E-state index contributed by atoms with van der Waals surface area (Å²) in [6.07, 6.45) is -4.45. The first-order chi connectivity index (χ1) is 17.1. The van der Waals surface area contributed by atoms with Gasteiger partial charge < -0.3 is 18.6 Å². The molecule has 11 heteroatoms. The van der Waals surface area contributed by atoms with Gasteiger partial charge in [0.1, 0.15) is 29.6 Å². The van der Waals surface area contributed by atoms with E-state index in [0.717, 1.165) is 11.1 Å². The smallest absolute Gasteiger partial charge is 0.487 e. The van der Waals surface area contributed by atoms with Crippen LogP contribution in [-0.2, 0) is 16.1 Å². The Bertz CT molecular complexity index is 1320. The Morgan fingerprint density at radius 1 is 1.17 bits per heavy atom. The van der Waals surface area contributed by atoms with Crippen molar-refractivity contribution in [2.24, 2.45) is 0 Å². The molecule has 8 nitrogen and oxygen atoms in total. The van der Waals surface area contributed by atoms with E-state index in [1.54, 1.807) is 37.3 Å². The zero-order valence-electron chi connectivity index (χ0n) is 19.2. The third-order valence-electron chi connectivity index (χ3n) is 5.31. The number of cyclic esters (lactones) is 1. The Balaban J connectivity index is 1.44. The molecule has 1 aromatic heterocycles. The molecule has 0 aliphatic carbocycles. The summed E-state index contributed by atoms with van der Waals surface area (Å²) < 4.78 is 58.6. The van der Waals surface area contributed by atoms with Crippen LogP contribution in [0.2, 0.25) is 0 Å². The highest BCUT2D eigenvalue weighted by molar-refractivity contribution is 6.00. The number of carbonyl (C=O) groups is 2. The lowest BCUT2D eigenvalue weighted by atomic mass is 10.0. The number of halogens is 3. The average molecular weight is 502 g/mol. The SMILES string of the molecule is C/C(=C\CC1OC(=O)NC1=O)c1cccc(OCc2nc(-c3ccccc3OC(F)(F)F)oc2C)c1. The first-order valence-electron chi connectivity index (χ1n) is 10.8. The predicted molar refractivity (Wildman–Crippen MR) is 121 cm³/mol. The van der Waals surface area contributed by atoms with E-state index in [4.69, 9.17) is 13.9 Å². The molecule has 1 aliphatic rings. The Morgan fingerprint density at radius 3 is 2.67 bits per heavy atom. The highest BCUT2D eigenvalue weighted by Crippen LogP contribution is 2.34. The number of aromatic nitrogens is 1. The van der Waals surface area contributed by atoms with Gasteiger partial charge in [0.05, 0.1) is 5.56 Å². The Hall–Kier alpha value is -4.28. The van der Waals surface area contributed by atoms with Gasteiger partial charge in [0, 0.05) is 6.42 Å². The molecule has 0 saturated carbocycles. The van der Waals surface area contributed by atoms with Crippen LogP contribution >= 0.6 is 0 Å². The lowest BCUT2D eigenvalue weighted by Gasteiger charge is -2.11. The number of aryl methyl sites for hydroxylation is 1. The van der Waals surface area contributed by atoms with Crippen LogP contribution in [0.3, 0.4) is 0 Å². The van der Waals surface area contributed by atoms with E-state index in [9.17, 15) is 22.8 Å². The fraction of sp³-hybridized carbons (Fsp3) is 0.240. The minimum atomic E-state index is -4.85. The Kier molecular flexibility index (Phi) is 7.00. The number of alkyl carbamates (subject to hydrolysis) is 1. The standard InChI is InChI=1S/C25H21F3N2O6/c1-14(10-11-21-22(31)30-24(32)35-21)16-6-5-7-17(12-16)33-13-19-15(2)34-23(29-19)18-8-3-4-9-20(18)36-25(26,27)28/h3-10,12,21H,11,13H2,1-2H3,(H,30,31,32)/b14-10+. The number of hydrogen-bond donors (Lipinski definition) is 1. The molecule has 3 aromatic rings. The number of para-hydroxylation sites is 1. The summed E-state index contributed by atoms with van der Waals surface area (Å²) in [6.45, 7) is 3.50. The second-order valence-electron chi connectivity index (χ2n) is 7.89. The lowest BCUT2D eigenvalue weighted by molar-refractivity contribution is -0.274. The summed E-state index contributed by atoms with van der Waals surface area (Å²) in [5.41, 5.74) is 2.15. The summed E-state index contributed by atoms with van der Waals surface area (Å²) >= 11 is 0. The normalized spacial score (nSPS) is 16.0. The van der Waals surface area contributed by atoms with E-state index in [0.29, 0.717) is 17.2 Å². The van der Waals surface area contributed by atoms with Crippen LogP contribution in [0.25, 0.3) is 17.0 Å². The number of carbonyl (C=O) groups excluding carboxylic acids is 2. The van der Waals surface area contributed by atoms with Gasteiger partial charge in [-0.05, 0) is 49.2 Å². The van der Waals surface area contributed by atoms with Crippen molar-refractivity contribution in [2.45, 2.75) is 39.3 Å². The van der Waals surface area contributed by atoms with E-state index in [1.807, 2.05) is 13.0 Å². The van der Waals surface area contributed by atoms with Crippen LogP contribution in [0, 0.1) is 6.92 Å². The largest absolute Gasteiger partial charge is 0.573 e. The first kappa shape index (κ1) is 24.8. The van der Waals surface area contributed by atoms with Crippen LogP contribution in [-0.4, -0.2) is 29.5 Å². The molecular formula is C25H21F3N2O6. The monoisotopic (exact) mass is 502 g/mol. The Morgan fingerprint density at radius 2 is 1.94 bits per heavy atom. The Labute approximate surface area is 203 Å². The van der Waals surface area contributed by atoms with Crippen LogP contribution in [0.4, 0.5) is 18.0 Å². The molecular weight excluding hydrogens is 481 g/mol. The van der Waals surface area contributed by atoms with Crippen molar-refractivity contribution in [1.29, 1.82) is 0 Å². The maximum absolute atomic E-state index is 12.7. The maximum atomic E-state index is 12.7. The molecule has 4 rings (SSSR count). The van der Waals surface area contributed by atoms with Crippen LogP contribution in [0.1, 0.15) is 30.4 Å². The highest BCUT2D eigenvalue weighted by Gasteiger charge is 2.33. The number of imide groups is 1. The predicted octanol–water partition coefficient (Wildman–Crippen LogP) is 5.56. The van der Waals surface area contributed by atoms with Gasteiger partial charge in [-0.1, -0.05) is 30.3 Å². The molecule has 2 aromatic carbocycles.